The van der Waals surface area contributed by atoms with Gasteiger partial charge in [-0.25, -0.2) is 0 Å². The minimum atomic E-state index is -0.992. The molecule has 2 atom stereocenters. The van der Waals surface area contributed by atoms with Gasteiger partial charge in [0.1, 0.15) is 5.78 Å². The fourth-order valence-electron chi connectivity index (χ4n) is 2.19. The van der Waals surface area contributed by atoms with Crippen LogP contribution in [-0.2, 0) is 9.59 Å². The average Bonchev–Trinajstić information content (AvgIpc) is 2.75. The van der Waals surface area contributed by atoms with Crippen LogP contribution >= 0.6 is 0 Å². The van der Waals surface area contributed by atoms with E-state index in [-0.39, 0.29) is 5.78 Å². The quantitative estimate of drug-likeness (QED) is 0.672. The molecule has 0 bridgehead atoms. The second-order valence-corrected chi connectivity index (χ2v) is 3.65. The highest BCUT2D eigenvalue weighted by atomic mass is 16.4. The molecular weight excluding hydrogens is 168 g/mol. The Morgan fingerprint density at radius 2 is 2.15 bits per heavy atom. The highest BCUT2D eigenvalue weighted by molar-refractivity contribution is 5.97. The third-order valence-corrected chi connectivity index (χ3v) is 3.32. The SMILES string of the molecule is C=CC1(C(=O)O)CC1(CC)C(C)=O. The lowest BCUT2D eigenvalue weighted by Gasteiger charge is -2.15. The standard InChI is InChI=1S/C10H14O3/c1-4-9(7(3)11)6-10(9,5-2)8(12)13/h5H,2,4,6H2,1,3H3,(H,12,13). The van der Waals surface area contributed by atoms with Crippen LogP contribution in [0.1, 0.15) is 26.7 Å². The Morgan fingerprint density at radius 3 is 2.23 bits per heavy atom. The van der Waals surface area contributed by atoms with E-state index in [9.17, 15) is 9.59 Å². The molecule has 1 saturated carbocycles. The van der Waals surface area contributed by atoms with Gasteiger partial charge in [-0.05, 0) is 19.8 Å². The average molecular weight is 182 g/mol. The fourth-order valence-corrected chi connectivity index (χ4v) is 2.19. The van der Waals surface area contributed by atoms with Gasteiger partial charge in [-0.2, -0.15) is 0 Å². The van der Waals surface area contributed by atoms with E-state index in [1.807, 2.05) is 6.92 Å². The van der Waals surface area contributed by atoms with E-state index in [0.29, 0.717) is 12.8 Å². The van der Waals surface area contributed by atoms with Crippen LogP contribution in [0.3, 0.4) is 0 Å². The van der Waals surface area contributed by atoms with Crippen molar-refractivity contribution in [2.24, 2.45) is 10.8 Å². The zero-order valence-corrected chi connectivity index (χ0v) is 7.96. The number of carboxylic acid groups (broad SMARTS) is 1. The molecule has 0 spiro atoms. The Hall–Kier alpha value is -1.12. The van der Waals surface area contributed by atoms with Crippen molar-refractivity contribution in [3.05, 3.63) is 12.7 Å². The van der Waals surface area contributed by atoms with E-state index < -0.39 is 16.8 Å². The molecule has 1 fully saturated rings. The molecule has 2 unspecified atom stereocenters. The Kier molecular flexibility index (Phi) is 2.06. The summed E-state index contributed by atoms with van der Waals surface area (Å²) in [6.07, 6.45) is 2.38. The maximum atomic E-state index is 11.3. The number of rotatable bonds is 4. The van der Waals surface area contributed by atoms with Crippen molar-refractivity contribution in [2.75, 3.05) is 0 Å². The van der Waals surface area contributed by atoms with Crippen LogP contribution in [0.4, 0.5) is 0 Å². The summed E-state index contributed by atoms with van der Waals surface area (Å²) in [4.78, 5) is 22.3. The zero-order chi connectivity index (χ0) is 10.3. The summed E-state index contributed by atoms with van der Waals surface area (Å²) < 4.78 is 0. The van der Waals surface area contributed by atoms with Gasteiger partial charge in [-0.3, -0.25) is 9.59 Å². The van der Waals surface area contributed by atoms with Gasteiger partial charge in [0.05, 0.1) is 5.41 Å². The Bertz CT molecular complexity index is 282. The summed E-state index contributed by atoms with van der Waals surface area (Å²) in [5.74, 6) is -0.975. The van der Waals surface area contributed by atoms with Gasteiger partial charge in [0.25, 0.3) is 0 Å². The van der Waals surface area contributed by atoms with Gasteiger partial charge in [0, 0.05) is 5.41 Å². The van der Waals surface area contributed by atoms with Gasteiger partial charge >= 0.3 is 5.97 Å². The minimum absolute atomic E-state index is 0.0442. The Morgan fingerprint density at radius 1 is 1.62 bits per heavy atom. The molecule has 0 aromatic rings. The number of carboxylic acids is 1. The van der Waals surface area contributed by atoms with Crippen LogP contribution in [0.5, 0.6) is 0 Å². The molecular formula is C10H14O3. The molecule has 1 rings (SSSR count). The number of carbonyl (C=O) groups is 2. The first-order valence-electron chi connectivity index (χ1n) is 4.35. The van der Waals surface area contributed by atoms with Crippen LogP contribution in [0.2, 0.25) is 0 Å². The highest BCUT2D eigenvalue weighted by Crippen LogP contribution is 2.67. The van der Waals surface area contributed by atoms with Gasteiger partial charge in [-0.1, -0.05) is 13.0 Å². The number of aliphatic carboxylic acids is 1. The van der Waals surface area contributed by atoms with Crippen molar-refractivity contribution in [2.45, 2.75) is 26.7 Å². The first-order chi connectivity index (χ1) is 5.97. The molecule has 3 nitrogen and oxygen atoms in total. The van der Waals surface area contributed by atoms with Crippen LogP contribution in [-0.4, -0.2) is 16.9 Å². The number of ketones is 1. The highest BCUT2D eigenvalue weighted by Gasteiger charge is 2.72. The lowest BCUT2D eigenvalue weighted by atomic mass is 9.87. The molecule has 0 amide bonds. The summed E-state index contributed by atoms with van der Waals surface area (Å²) in [6, 6.07) is 0. The predicted molar refractivity (Wildman–Crippen MR) is 48.3 cm³/mol. The molecule has 13 heavy (non-hydrogen) atoms. The van der Waals surface area contributed by atoms with Gasteiger partial charge in [0.2, 0.25) is 0 Å². The first kappa shape index (κ1) is 9.96. The monoisotopic (exact) mass is 182 g/mol. The molecule has 1 aliphatic rings. The molecule has 0 radical (unpaired) electrons. The van der Waals surface area contributed by atoms with Crippen LogP contribution < -0.4 is 0 Å². The van der Waals surface area contributed by atoms with Crippen LogP contribution in [0, 0.1) is 10.8 Å². The molecule has 72 valence electrons. The normalized spacial score (nSPS) is 36.8. The first-order valence-corrected chi connectivity index (χ1v) is 4.35. The van der Waals surface area contributed by atoms with E-state index in [4.69, 9.17) is 5.11 Å². The van der Waals surface area contributed by atoms with Crippen molar-refractivity contribution >= 4 is 11.8 Å². The topological polar surface area (TPSA) is 54.4 Å². The molecule has 0 saturated heterocycles. The van der Waals surface area contributed by atoms with E-state index in [1.165, 1.54) is 13.0 Å². The number of hydrogen-bond donors (Lipinski definition) is 1. The van der Waals surface area contributed by atoms with Gasteiger partial charge in [-0.15, -0.1) is 6.58 Å². The van der Waals surface area contributed by atoms with E-state index in [1.54, 1.807) is 0 Å². The number of Topliss-reactive ketones (excluding diaryl/α,β-unsaturated/α-hetero) is 1. The molecule has 0 aromatic heterocycles. The minimum Gasteiger partial charge on any atom is -0.481 e. The summed E-state index contributed by atoms with van der Waals surface area (Å²) >= 11 is 0. The maximum absolute atomic E-state index is 11.3. The van der Waals surface area contributed by atoms with Crippen LogP contribution in [0.15, 0.2) is 12.7 Å². The fraction of sp³-hybridized carbons (Fsp3) is 0.600. The molecule has 1 N–H and O–H groups in total. The summed E-state index contributed by atoms with van der Waals surface area (Å²) in [6.45, 7) is 6.81. The number of hydrogen-bond acceptors (Lipinski definition) is 2. The van der Waals surface area contributed by atoms with E-state index in [2.05, 4.69) is 6.58 Å². The van der Waals surface area contributed by atoms with Crippen molar-refractivity contribution < 1.29 is 14.7 Å². The Labute approximate surface area is 77.4 Å². The molecule has 3 heteroatoms. The van der Waals surface area contributed by atoms with Gasteiger partial charge < -0.3 is 5.11 Å². The lowest BCUT2D eigenvalue weighted by molar-refractivity contribution is -0.144. The lowest BCUT2D eigenvalue weighted by Crippen LogP contribution is -2.26. The van der Waals surface area contributed by atoms with Crippen molar-refractivity contribution in [1.29, 1.82) is 0 Å². The van der Waals surface area contributed by atoms with Gasteiger partial charge in [0.15, 0.2) is 0 Å². The largest absolute Gasteiger partial charge is 0.481 e. The molecule has 0 aliphatic heterocycles. The van der Waals surface area contributed by atoms with Crippen molar-refractivity contribution in [3.8, 4) is 0 Å². The smallest absolute Gasteiger partial charge is 0.314 e. The van der Waals surface area contributed by atoms with Crippen molar-refractivity contribution in [1.82, 2.24) is 0 Å². The Balaban J connectivity index is 3.06. The molecule has 1 aliphatic carbocycles. The summed E-state index contributed by atoms with van der Waals surface area (Å²) in [5, 5.41) is 9.00. The van der Waals surface area contributed by atoms with Crippen molar-refractivity contribution in [3.63, 3.8) is 0 Å². The maximum Gasteiger partial charge on any atom is 0.314 e. The molecule has 0 aromatic carbocycles. The summed E-state index contributed by atoms with van der Waals surface area (Å²) in [5.41, 5.74) is -1.67. The van der Waals surface area contributed by atoms with Crippen LogP contribution in [0.25, 0.3) is 0 Å². The van der Waals surface area contributed by atoms with E-state index in [0.717, 1.165) is 0 Å². The third-order valence-electron chi connectivity index (χ3n) is 3.32. The number of carbonyl (C=O) groups excluding carboxylic acids is 1. The second kappa shape index (κ2) is 2.69. The third kappa shape index (κ3) is 0.961. The summed E-state index contributed by atoms with van der Waals surface area (Å²) in [7, 11) is 0. The second-order valence-electron chi connectivity index (χ2n) is 3.65. The zero-order valence-electron chi connectivity index (χ0n) is 7.96. The molecule has 0 heterocycles. The van der Waals surface area contributed by atoms with E-state index >= 15 is 0 Å². The predicted octanol–water partition coefficient (Wildman–Crippen LogP) is 1.63.